The van der Waals surface area contributed by atoms with Crippen molar-refractivity contribution in [1.82, 2.24) is 15.5 Å². The van der Waals surface area contributed by atoms with Gasteiger partial charge in [-0.25, -0.2) is 0 Å². The minimum Gasteiger partial charge on any atom is -0.374 e. The van der Waals surface area contributed by atoms with Gasteiger partial charge in [-0.05, 0) is 44.9 Å². The Hall–Kier alpha value is -0.160. The molecule has 100 valence electrons. The maximum absolute atomic E-state index is 5.78. The van der Waals surface area contributed by atoms with E-state index in [1.54, 1.807) is 0 Å². The number of ether oxygens (including phenoxy) is 1. The van der Waals surface area contributed by atoms with Crippen LogP contribution in [0.15, 0.2) is 0 Å². The summed E-state index contributed by atoms with van der Waals surface area (Å²) >= 11 is 0. The molecule has 4 heteroatoms. The van der Waals surface area contributed by atoms with Gasteiger partial charge in [0, 0.05) is 19.6 Å². The van der Waals surface area contributed by atoms with Crippen LogP contribution in [0.4, 0.5) is 0 Å². The lowest BCUT2D eigenvalue weighted by atomic mass is 9.98. The summed E-state index contributed by atoms with van der Waals surface area (Å²) in [6.07, 6.45) is 3.03. The Morgan fingerprint density at radius 3 is 2.88 bits per heavy atom. The normalized spacial score (nSPS) is 28.4. The first-order valence-electron chi connectivity index (χ1n) is 7.14. The van der Waals surface area contributed by atoms with Crippen LogP contribution in [0.3, 0.4) is 0 Å². The largest absolute Gasteiger partial charge is 0.374 e. The molecule has 0 spiro atoms. The van der Waals surface area contributed by atoms with Crippen molar-refractivity contribution in [3.05, 3.63) is 0 Å². The van der Waals surface area contributed by atoms with Crippen LogP contribution in [-0.4, -0.2) is 63.4 Å². The van der Waals surface area contributed by atoms with Crippen molar-refractivity contribution in [2.24, 2.45) is 5.92 Å². The molecule has 4 nitrogen and oxygen atoms in total. The number of nitrogens with one attached hydrogen (secondary N) is 2. The molecule has 1 unspecified atom stereocenters. The summed E-state index contributed by atoms with van der Waals surface area (Å²) in [5.41, 5.74) is 0. The third-order valence-corrected chi connectivity index (χ3v) is 3.93. The van der Waals surface area contributed by atoms with E-state index in [-0.39, 0.29) is 0 Å². The molecular formula is C13H27N3O. The molecule has 2 heterocycles. The van der Waals surface area contributed by atoms with E-state index in [1.165, 1.54) is 25.9 Å². The summed E-state index contributed by atoms with van der Waals surface area (Å²) in [5.74, 6) is 0.863. The van der Waals surface area contributed by atoms with E-state index in [9.17, 15) is 0 Å². The second kappa shape index (κ2) is 7.31. The molecule has 0 aliphatic carbocycles. The average molecular weight is 241 g/mol. The molecule has 2 fully saturated rings. The van der Waals surface area contributed by atoms with E-state index < -0.39 is 0 Å². The first kappa shape index (κ1) is 13.3. The monoisotopic (exact) mass is 241 g/mol. The van der Waals surface area contributed by atoms with Crippen LogP contribution >= 0.6 is 0 Å². The second-order valence-electron chi connectivity index (χ2n) is 5.24. The SMILES string of the molecule is CCN1CCOC(CNCC2CCNCC2)C1. The van der Waals surface area contributed by atoms with Crippen molar-refractivity contribution < 1.29 is 4.74 Å². The fraction of sp³-hybridized carbons (Fsp3) is 1.00. The topological polar surface area (TPSA) is 36.5 Å². The van der Waals surface area contributed by atoms with Gasteiger partial charge in [-0.1, -0.05) is 6.92 Å². The van der Waals surface area contributed by atoms with Gasteiger partial charge in [-0.3, -0.25) is 4.90 Å². The maximum Gasteiger partial charge on any atom is 0.0826 e. The maximum atomic E-state index is 5.78. The van der Waals surface area contributed by atoms with Crippen molar-refractivity contribution in [3.63, 3.8) is 0 Å². The highest BCUT2D eigenvalue weighted by Gasteiger charge is 2.19. The van der Waals surface area contributed by atoms with Crippen LogP contribution in [0.2, 0.25) is 0 Å². The van der Waals surface area contributed by atoms with Crippen LogP contribution in [0.1, 0.15) is 19.8 Å². The van der Waals surface area contributed by atoms with Gasteiger partial charge in [-0.2, -0.15) is 0 Å². The lowest BCUT2D eigenvalue weighted by Gasteiger charge is -2.32. The van der Waals surface area contributed by atoms with Crippen LogP contribution in [-0.2, 0) is 4.74 Å². The molecule has 2 aliphatic rings. The summed E-state index contributed by atoms with van der Waals surface area (Å²) in [6, 6.07) is 0. The summed E-state index contributed by atoms with van der Waals surface area (Å²) in [4.78, 5) is 2.47. The average Bonchev–Trinajstić information content (AvgIpc) is 2.40. The lowest BCUT2D eigenvalue weighted by molar-refractivity contribution is -0.0256. The first-order chi connectivity index (χ1) is 8.38. The fourth-order valence-corrected chi connectivity index (χ4v) is 2.73. The minimum absolute atomic E-state index is 0.394. The molecule has 2 rings (SSSR count). The number of likely N-dealkylation sites (N-methyl/N-ethyl adjacent to an activating group) is 1. The standard InChI is InChI=1S/C13H27N3O/c1-2-16-7-8-17-13(11-16)10-15-9-12-3-5-14-6-4-12/h12-15H,2-11H2,1H3. The van der Waals surface area contributed by atoms with E-state index in [2.05, 4.69) is 22.5 Å². The molecule has 0 saturated carbocycles. The Balaban J connectivity index is 1.57. The van der Waals surface area contributed by atoms with Crippen LogP contribution in [0.25, 0.3) is 0 Å². The van der Waals surface area contributed by atoms with E-state index in [0.717, 1.165) is 45.2 Å². The van der Waals surface area contributed by atoms with Gasteiger partial charge in [0.05, 0.1) is 12.7 Å². The number of hydrogen-bond donors (Lipinski definition) is 2. The molecule has 2 saturated heterocycles. The fourth-order valence-electron chi connectivity index (χ4n) is 2.73. The highest BCUT2D eigenvalue weighted by atomic mass is 16.5. The zero-order valence-corrected chi connectivity index (χ0v) is 11.1. The predicted octanol–water partition coefficient (Wildman–Crippen LogP) is 0.296. The molecule has 0 amide bonds. The molecule has 0 aromatic rings. The van der Waals surface area contributed by atoms with Crippen molar-refractivity contribution >= 4 is 0 Å². The summed E-state index contributed by atoms with van der Waals surface area (Å²) < 4.78 is 5.78. The van der Waals surface area contributed by atoms with Gasteiger partial charge >= 0.3 is 0 Å². The van der Waals surface area contributed by atoms with Gasteiger partial charge < -0.3 is 15.4 Å². The third kappa shape index (κ3) is 4.54. The Kier molecular flexibility index (Phi) is 5.71. The highest BCUT2D eigenvalue weighted by molar-refractivity contribution is 4.75. The zero-order valence-electron chi connectivity index (χ0n) is 11.1. The Labute approximate surface area is 105 Å². The zero-order chi connectivity index (χ0) is 11.9. The number of morpholine rings is 1. The molecular weight excluding hydrogens is 214 g/mol. The molecule has 2 aliphatic heterocycles. The summed E-state index contributed by atoms with van der Waals surface area (Å²) in [7, 11) is 0. The number of piperidine rings is 1. The first-order valence-corrected chi connectivity index (χ1v) is 7.14. The van der Waals surface area contributed by atoms with Gasteiger partial charge in [0.15, 0.2) is 0 Å². The molecule has 0 bridgehead atoms. The Morgan fingerprint density at radius 1 is 1.29 bits per heavy atom. The predicted molar refractivity (Wildman–Crippen MR) is 70.3 cm³/mol. The lowest BCUT2D eigenvalue weighted by Crippen LogP contribution is -2.47. The van der Waals surface area contributed by atoms with Crippen molar-refractivity contribution in [3.8, 4) is 0 Å². The van der Waals surface area contributed by atoms with E-state index in [1.807, 2.05) is 0 Å². The van der Waals surface area contributed by atoms with Gasteiger partial charge in [-0.15, -0.1) is 0 Å². The van der Waals surface area contributed by atoms with E-state index >= 15 is 0 Å². The molecule has 1 atom stereocenters. The smallest absolute Gasteiger partial charge is 0.0826 e. The molecule has 0 radical (unpaired) electrons. The number of nitrogens with zero attached hydrogens (tertiary/aromatic N) is 1. The third-order valence-electron chi connectivity index (χ3n) is 3.93. The van der Waals surface area contributed by atoms with E-state index in [0.29, 0.717) is 6.10 Å². The quantitative estimate of drug-likeness (QED) is 0.726. The van der Waals surface area contributed by atoms with Gasteiger partial charge in [0.25, 0.3) is 0 Å². The highest BCUT2D eigenvalue weighted by Crippen LogP contribution is 2.10. The Morgan fingerprint density at radius 2 is 2.12 bits per heavy atom. The van der Waals surface area contributed by atoms with Crippen molar-refractivity contribution in [2.75, 3.05) is 52.4 Å². The van der Waals surface area contributed by atoms with Crippen molar-refractivity contribution in [2.45, 2.75) is 25.9 Å². The molecule has 0 aromatic heterocycles. The van der Waals surface area contributed by atoms with Gasteiger partial charge in [0.1, 0.15) is 0 Å². The molecule has 17 heavy (non-hydrogen) atoms. The number of rotatable bonds is 5. The second-order valence-corrected chi connectivity index (χ2v) is 5.24. The van der Waals surface area contributed by atoms with Crippen LogP contribution in [0, 0.1) is 5.92 Å². The minimum atomic E-state index is 0.394. The summed E-state index contributed by atoms with van der Waals surface area (Å²) in [6.45, 7) is 11.0. The van der Waals surface area contributed by atoms with Crippen LogP contribution in [0.5, 0.6) is 0 Å². The Bertz CT molecular complexity index is 207. The number of hydrogen-bond acceptors (Lipinski definition) is 4. The molecule has 0 aromatic carbocycles. The molecule has 2 N–H and O–H groups in total. The van der Waals surface area contributed by atoms with Crippen molar-refractivity contribution in [1.29, 1.82) is 0 Å². The van der Waals surface area contributed by atoms with E-state index in [4.69, 9.17) is 4.74 Å². The van der Waals surface area contributed by atoms with Crippen LogP contribution < -0.4 is 10.6 Å². The summed E-state index contributed by atoms with van der Waals surface area (Å²) in [5, 5.41) is 7.00. The van der Waals surface area contributed by atoms with Gasteiger partial charge in [0.2, 0.25) is 0 Å².